The largest absolute Gasteiger partial charge is 0.490 e. The third-order valence-corrected chi connectivity index (χ3v) is 11.0. The fraction of sp³-hybridized carbons (Fsp3) is 0.500. The fourth-order valence-electron chi connectivity index (χ4n) is 7.43. The summed E-state index contributed by atoms with van der Waals surface area (Å²) in [5.74, 6) is -3.01. The normalized spacial score (nSPS) is 20.1. The first-order chi connectivity index (χ1) is 26.0. The van der Waals surface area contributed by atoms with Crippen molar-refractivity contribution in [3.63, 3.8) is 0 Å². The number of hydrogen-bond acceptors (Lipinski definition) is 8. The van der Waals surface area contributed by atoms with Gasteiger partial charge in [0, 0.05) is 61.9 Å². The fourth-order valence-corrected chi connectivity index (χ4v) is 8.11. The summed E-state index contributed by atoms with van der Waals surface area (Å²) in [6, 6.07) is 6.63. The van der Waals surface area contributed by atoms with Crippen LogP contribution in [0.5, 0.6) is 11.5 Å². The molecule has 0 spiro atoms. The molecule has 0 bridgehead atoms. The third kappa shape index (κ3) is 8.74. The van der Waals surface area contributed by atoms with Gasteiger partial charge < -0.3 is 24.1 Å². The molecule has 2 amide bonds. The monoisotopic (exact) mass is 796 g/mol. The van der Waals surface area contributed by atoms with Gasteiger partial charge in [0.25, 0.3) is 11.8 Å². The number of pyridine rings is 1. The first kappa shape index (κ1) is 41.4. The maximum atomic E-state index is 15.2. The lowest BCUT2D eigenvalue weighted by atomic mass is 9.72. The Bertz CT molecular complexity index is 1920. The molecule has 0 unspecified atom stereocenters. The molecule has 2 atom stereocenters. The highest BCUT2D eigenvalue weighted by atomic mass is 32.1. The maximum Gasteiger partial charge on any atom is 0.425 e. The molecule has 17 heteroatoms. The Labute approximate surface area is 317 Å². The van der Waals surface area contributed by atoms with Crippen molar-refractivity contribution >= 4 is 28.9 Å². The Morgan fingerprint density at radius 2 is 1.78 bits per heavy atom. The topological polar surface area (TPSA) is 113 Å². The molecule has 1 aromatic carbocycles. The summed E-state index contributed by atoms with van der Waals surface area (Å²) in [5.41, 5.74) is -5.10. The Morgan fingerprint density at radius 1 is 1.05 bits per heavy atom. The van der Waals surface area contributed by atoms with Gasteiger partial charge in [0.2, 0.25) is 5.60 Å². The summed E-state index contributed by atoms with van der Waals surface area (Å²) in [7, 11) is 0. The van der Waals surface area contributed by atoms with E-state index in [-0.39, 0.29) is 87.6 Å². The van der Waals surface area contributed by atoms with Crippen LogP contribution in [0.4, 0.5) is 30.7 Å². The number of likely N-dealkylation sites (tertiary alicyclic amines) is 2. The summed E-state index contributed by atoms with van der Waals surface area (Å²) in [4.78, 5) is 45.6. The van der Waals surface area contributed by atoms with Crippen LogP contribution >= 0.6 is 11.3 Å². The van der Waals surface area contributed by atoms with E-state index in [2.05, 4.69) is 11.1 Å². The zero-order chi connectivity index (χ0) is 40.2. The zero-order valence-corrected chi connectivity index (χ0v) is 30.9. The molecule has 5 rings (SSSR count). The minimum Gasteiger partial charge on any atom is -0.490 e. The number of carbonyl (C=O) groups is 3. The van der Waals surface area contributed by atoms with E-state index in [0.29, 0.717) is 30.2 Å². The highest BCUT2D eigenvalue weighted by molar-refractivity contribution is 7.10. The van der Waals surface area contributed by atoms with Gasteiger partial charge >= 0.3 is 12.4 Å². The van der Waals surface area contributed by atoms with Gasteiger partial charge in [0.1, 0.15) is 16.4 Å². The number of Topliss-reactive ketones (excluding diaryl/α,β-unsaturated/α-hetero) is 1. The second-order valence-electron chi connectivity index (χ2n) is 13.7. The van der Waals surface area contributed by atoms with Crippen molar-refractivity contribution in [2.75, 3.05) is 26.2 Å². The molecule has 55 heavy (non-hydrogen) atoms. The lowest BCUT2D eigenvalue weighted by Crippen LogP contribution is -2.68. The minimum absolute atomic E-state index is 0.00960. The number of benzene rings is 1. The highest BCUT2D eigenvalue weighted by Gasteiger charge is 2.57. The highest BCUT2D eigenvalue weighted by Crippen LogP contribution is 2.45. The Balaban J connectivity index is 1.51. The van der Waals surface area contributed by atoms with Crippen LogP contribution in [0.3, 0.4) is 0 Å². The Kier molecular flexibility index (Phi) is 12.5. The molecule has 0 saturated carbocycles. The van der Waals surface area contributed by atoms with E-state index in [1.54, 1.807) is 13.0 Å². The van der Waals surface area contributed by atoms with E-state index in [9.17, 15) is 46.0 Å². The molecule has 2 fully saturated rings. The van der Waals surface area contributed by atoms with Gasteiger partial charge in [-0.3, -0.25) is 14.6 Å². The smallest absolute Gasteiger partial charge is 0.425 e. The van der Waals surface area contributed by atoms with Crippen LogP contribution in [0.2, 0.25) is 0 Å². The van der Waals surface area contributed by atoms with Crippen LogP contribution in [0.25, 0.3) is 0 Å². The van der Waals surface area contributed by atoms with Crippen LogP contribution < -0.4 is 9.47 Å². The molecule has 2 aromatic heterocycles. The van der Waals surface area contributed by atoms with Crippen molar-refractivity contribution in [3.8, 4) is 17.6 Å². The molecular weight excluding hydrogens is 757 g/mol. The van der Waals surface area contributed by atoms with E-state index in [0.717, 1.165) is 28.7 Å². The van der Waals surface area contributed by atoms with Gasteiger partial charge in [-0.15, -0.1) is 11.3 Å². The third-order valence-electron chi connectivity index (χ3n) is 10.1. The van der Waals surface area contributed by atoms with Crippen LogP contribution in [-0.2, 0) is 27.4 Å². The average Bonchev–Trinajstić information content (AvgIpc) is 3.63. The van der Waals surface area contributed by atoms with E-state index >= 15 is 4.39 Å². The second-order valence-corrected chi connectivity index (χ2v) is 14.6. The number of aromatic nitrogens is 1. The van der Waals surface area contributed by atoms with Crippen molar-refractivity contribution in [1.29, 1.82) is 5.26 Å². The summed E-state index contributed by atoms with van der Waals surface area (Å²) < 4.78 is 110. The van der Waals surface area contributed by atoms with E-state index in [1.165, 1.54) is 24.0 Å². The van der Waals surface area contributed by atoms with Crippen LogP contribution in [0, 0.1) is 17.1 Å². The van der Waals surface area contributed by atoms with E-state index in [4.69, 9.17) is 9.47 Å². The molecule has 3 aromatic rings. The second kappa shape index (κ2) is 16.6. The predicted octanol–water partition coefficient (Wildman–Crippen LogP) is 8.37. The number of piperidine rings is 2. The number of halogens is 7. The standard InChI is InChI=1S/C38H39F7N4O5S/c1-3-7-30-36(54-25-20-31(55-22-25)38(43,44)45,12-6-16-49(30)33(51)26-21-47-15-11-27(26)37(40,41)42)34(52)48-17-13-35(23-46,14-18-48)28-9-4-10-29(39)32(28)53-19-5-8-24(2)50/h4,9-11,15,20-22,30H,3,5-8,12-14,16-19H2,1-2H3/t30-,36+/m1/s1. The molecule has 0 N–H and O–H groups in total. The van der Waals surface area contributed by atoms with Gasteiger partial charge in [0.05, 0.1) is 35.3 Å². The molecule has 0 radical (unpaired) electrons. The first-order valence-corrected chi connectivity index (χ1v) is 18.6. The SMILES string of the molecule is CCC[C@H]1N(C(=O)c2cnccc2C(F)(F)F)CCC[C@@]1(Oc1csc(C(F)(F)F)c1)C(=O)N1CCC(C#N)(c2cccc(F)c2OCCCC(C)=O)CC1. The number of amides is 2. The van der Waals surface area contributed by atoms with Crippen molar-refractivity contribution < 1.29 is 54.6 Å². The van der Waals surface area contributed by atoms with Crippen LogP contribution in [0.15, 0.2) is 48.1 Å². The number of nitrogens with zero attached hydrogens (tertiary/aromatic N) is 4. The zero-order valence-electron chi connectivity index (χ0n) is 30.1. The maximum absolute atomic E-state index is 15.2. The van der Waals surface area contributed by atoms with Gasteiger partial charge in [0.15, 0.2) is 11.6 Å². The van der Waals surface area contributed by atoms with Crippen molar-refractivity contribution in [3.05, 3.63) is 75.5 Å². The predicted molar refractivity (Wildman–Crippen MR) is 186 cm³/mol. The molecular formula is C38H39F7N4O5S. The number of rotatable bonds is 12. The first-order valence-electron chi connectivity index (χ1n) is 17.8. The van der Waals surface area contributed by atoms with Crippen LogP contribution in [0.1, 0.15) is 91.6 Å². The number of ether oxygens (including phenoxy) is 2. The number of carbonyl (C=O) groups excluding carboxylic acids is 3. The number of alkyl halides is 6. The molecule has 296 valence electrons. The molecule has 4 heterocycles. The number of ketones is 1. The molecule has 9 nitrogen and oxygen atoms in total. The molecule has 0 aliphatic carbocycles. The number of hydrogen-bond donors (Lipinski definition) is 0. The number of para-hydroxylation sites is 1. The minimum atomic E-state index is -4.92. The van der Waals surface area contributed by atoms with Gasteiger partial charge in [-0.05, 0) is 51.2 Å². The summed E-state index contributed by atoms with van der Waals surface area (Å²) >= 11 is 0.341. The van der Waals surface area contributed by atoms with E-state index in [1.807, 2.05) is 0 Å². The van der Waals surface area contributed by atoms with Gasteiger partial charge in [-0.25, -0.2) is 4.39 Å². The number of nitriles is 1. The van der Waals surface area contributed by atoms with Gasteiger partial charge in [-0.1, -0.05) is 25.5 Å². The lowest BCUT2D eigenvalue weighted by Gasteiger charge is -2.51. The quantitative estimate of drug-likeness (QED) is 0.134. The average molecular weight is 797 g/mol. The van der Waals surface area contributed by atoms with Crippen molar-refractivity contribution in [2.45, 2.75) is 94.6 Å². The van der Waals surface area contributed by atoms with Crippen molar-refractivity contribution in [1.82, 2.24) is 14.8 Å². The molecule has 2 saturated heterocycles. The van der Waals surface area contributed by atoms with Crippen LogP contribution in [-0.4, -0.2) is 70.3 Å². The Morgan fingerprint density at radius 3 is 2.40 bits per heavy atom. The van der Waals surface area contributed by atoms with Crippen molar-refractivity contribution in [2.24, 2.45) is 0 Å². The number of thiophene rings is 1. The summed E-state index contributed by atoms with van der Waals surface area (Å²) in [6.07, 6.45) is -7.12. The summed E-state index contributed by atoms with van der Waals surface area (Å²) in [5, 5.41) is 11.6. The molecule has 2 aliphatic rings. The van der Waals surface area contributed by atoms with Gasteiger partial charge in [-0.2, -0.15) is 31.6 Å². The summed E-state index contributed by atoms with van der Waals surface area (Å²) in [6.45, 7) is 2.89. The Hall–Kier alpha value is -4.72. The van der Waals surface area contributed by atoms with E-state index < -0.39 is 63.0 Å². The molecule has 2 aliphatic heterocycles. The lowest BCUT2D eigenvalue weighted by molar-refractivity contribution is -0.160.